The average Bonchev–Trinajstić information content (AvgIpc) is 2.64. The Morgan fingerprint density at radius 2 is 1.37 bits per heavy atom. The predicted octanol–water partition coefficient (Wildman–Crippen LogP) is 2.89. The molecule has 0 saturated carbocycles. The zero-order valence-corrected chi connectivity index (χ0v) is 16.4. The van der Waals surface area contributed by atoms with Crippen molar-refractivity contribution in [2.75, 3.05) is 19.0 Å². The summed E-state index contributed by atoms with van der Waals surface area (Å²) in [5.74, 6) is -0.122. The number of hydrogen-bond donors (Lipinski definition) is 3. The summed E-state index contributed by atoms with van der Waals surface area (Å²) in [6.45, 7) is 4.71. The van der Waals surface area contributed by atoms with Gasteiger partial charge in [-0.25, -0.2) is 4.79 Å². The third-order valence-corrected chi connectivity index (χ3v) is 3.99. The Balaban J connectivity index is 1.83. The van der Waals surface area contributed by atoms with E-state index in [9.17, 15) is 9.59 Å². The van der Waals surface area contributed by atoms with E-state index in [-0.39, 0.29) is 18.0 Å². The molecule has 3 amide bonds. The number of carbonyl (C=O) groups excluding carboxylic acids is 2. The maximum atomic E-state index is 12.3. The summed E-state index contributed by atoms with van der Waals surface area (Å²) >= 11 is 0. The molecular formula is C21H28N4O2. The lowest BCUT2D eigenvalue weighted by Crippen LogP contribution is -2.39. The molecule has 0 bridgehead atoms. The quantitative estimate of drug-likeness (QED) is 0.704. The van der Waals surface area contributed by atoms with Crippen LogP contribution in [-0.2, 0) is 13.1 Å². The summed E-state index contributed by atoms with van der Waals surface area (Å²) in [5.41, 5.74) is 3.70. The number of carbonyl (C=O) groups is 2. The summed E-state index contributed by atoms with van der Waals surface area (Å²) in [5, 5.41) is 8.47. The van der Waals surface area contributed by atoms with E-state index in [0.29, 0.717) is 18.7 Å². The van der Waals surface area contributed by atoms with Crippen molar-refractivity contribution in [3.8, 4) is 0 Å². The number of hydrogen-bond acceptors (Lipinski definition) is 3. The molecule has 0 heterocycles. The van der Waals surface area contributed by atoms with E-state index in [1.165, 1.54) is 0 Å². The van der Waals surface area contributed by atoms with Gasteiger partial charge in [0.15, 0.2) is 0 Å². The third-order valence-electron chi connectivity index (χ3n) is 3.99. The molecule has 6 heteroatoms. The highest BCUT2D eigenvalue weighted by molar-refractivity contribution is 5.94. The van der Waals surface area contributed by atoms with Crippen LogP contribution in [0.5, 0.6) is 0 Å². The van der Waals surface area contributed by atoms with Crippen LogP contribution in [0.15, 0.2) is 48.5 Å². The SMILES string of the molecule is CC(C)NC(=O)NCc1ccc(C(=O)NCc2ccc(N(C)C)cc2)cc1. The van der Waals surface area contributed by atoms with Crippen LogP contribution in [0.25, 0.3) is 0 Å². The van der Waals surface area contributed by atoms with Crippen LogP contribution in [0.2, 0.25) is 0 Å². The van der Waals surface area contributed by atoms with Crippen molar-refractivity contribution >= 4 is 17.6 Å². The monoisotopic (exact) mass is 368 g/mol. The number of rotatable bonds is 7. The normalized spacial score (nSPS) is 10.4. The van der Waals surface area contributed by atoms with Crippen molar-refractivity contribution in [2.24, 2.45) is 0 Å². The molecule has 0 fully saturated rings. The van der Waals surface area contributed by atoms with E-state index in [4.69, 9.17) is 0 Å². The standard InChI is InChI=1S/C21H28N4O2/c1-15(2)24-21(27)23-14-16-5-9-18(10-6-16)20(26)22-13-17-7-11-19(12-8-17)25(3)4/h5-12,15H,13-14H2,1-4H3,(H,22,26)(H2,23,24,27). The molecule has 0 saturated heterocycles. The molecule has 144 valence electrons. The van der Waals surface area contributed by atoms with E-state index in [0.717, 1.165) is 16.8 Å². The number of amides is 3. The second kappa shape index (κ2) is 9.62. The van der Waals surface area contributed by atoms with Crippen molar-refractivity contribution < 1.29 is 9.59 Å². The molecule has 2 aromatic rings. The van der Waals surface area contributed by atoms with Crippen LogP contribution in [0.1, 0.15) is 35.3 Å². The van der Waals surface area contributed by atoms with Gasteiger partial charge in [0.2, 0.25) is 0 Å². The maximum Gasteiger partial charge on any atom is 0.315 e. The van der Waals surface area contributed by atoms with E-state index < -0.39 is 0 Å². The highest BCUT2D eigenvalue weighted by atomic mass is 16.2. The summed E-state index contributed by atoms with van der Waals surface area (Å²) < 4.78 is 0. The molecule has 2 aromatic carbocycles. The molecule has 0 aromatic heterocycles. The van der Waals surface area contributed by atoms with Gasteiger partial charge in [-0.1, -0.05) is 24.3 Å². The van der Waals surface area contributed by atoms with Crippen molar-refractivity contribution in [3.63, 3.8) is 0 Å². The van der Waals surface area contributed by atoms with Crippen LogP contribution in [-0.4, -0.2) is 32.1 Å². The molecule has 0 radical (unpaired) electrons. The van der Waals surface area contributed by atoms with Crippen molar-refractivity contribution in [3.05, 3.63) is 65.2 Å². The molecule has 0 atom stereocenters. The van der Waals surface area contributed by atoms with Gasteiger partial charge >= 0.3 is 6.03 Å². The summed E-state index contributed by atoms with van der Waals surface area (Å²) in [4.78, 5) is 25.9. The number of nitrogens with one attached hydrogen (secondary N) is 3. The highest BCUT2D eigenvalue weighted by Gasteiger charge is 2.07. The molecule has 27 heavy (non-hydrogen) atoms. The molecule has 2 rings (SSSR count). The summed E-state index contributed by atoms with van der Waals surface area (Å²) in [6.07, 6.45) is 0. The largest absolute Gasteiger partial charge is 0.378 e. The Morgan fingerprint density at radius 3 is 1.89 bits per heavy atom. The molecule has 0 aliphatic rings. The Kier molecular flexibility index (Phi) is 7.23. The van der Waals surface area contributed by atoms with Crippen LogP contribution >= 0.6 is 0 Å². The first kappa shape index (κ1) is 20.3. The van der Waals surface area contributed by atoms with Gasteiger partial charge in [-0.2, -0.15) is 0 Å². The second-order valence-corrected chi connectivity index (χ2v) is 6.92. The predicted molar refractivity (Wildman–Crippen MR) is 109 cm³/mol. The van der Waals surface area contributed by atoms with Crippen LogP contribution in [0.3, 0.4) is 0 Å². The fourth-order valence-electron chi connectivity index (χ4n) is 2.47. The van der Waals surface area contributed by atoms with Gasteiger partial charge in [0.05, 0.1) is 0 Å². The zero-order valence-electron chi connectivity index (χ0n) is 16.4. The molecule has 6 nitrogen and oxygen atoms in total. The molecule has 0 aliphatic carbocycles. The van der Waals surface area contributed by atoms with Gasteiger partial charge in [-0.3, -0.25) is 4.79 Å². The van der Waals surface area contributed by atoms with Crippen molar-refractivity contribution in [1.82, 2.24) is 16.0 Å². The second-order valence-electron chi connectivity index (χ2n) is 6.92. The van der Waals surface area contributed by atoms with E-state index in [1.54, 1.807) is 12.1 Å². The first-order valence-corrected chi connectivity index (χ1v) is 9.03. The lowest BCUT2D eigenvalue weighted by molar-refractivity contribution is 0.0951. The zero-order chi connectivity index (χ0) is 19.8. The smallest absolute Gasteiger partial charge is 0.315 e. The molecule has 3 N–H and O–H groups in total. The first-order chi connectivity index (χ1) is 12.8. The fourth-order valence-corrected chi connectivity index (χ4v) is 2.47. The Labute approximate surface area is 161 Å². The summed E-state index contributed by atoms with van der Waals surface area (Å²) in [7, 11) is 3.99. The fraction of sp³-hybridized carbons (Fsp3) is 0.333. The third kappa shape index (κ3) is 6.66. The van der Waals surface area contributed by atoms with Gasteiger partial charge < -0.3 is 20.9 Å². The van der Waals surface area contributed by atoms with E-state index >= 15 is 0 Å². The number of anilines is 1. The van der Waals surface area contributed by atoms with Crippen LogP contribution < -0.4 is 20.9 Å². The van der Waals surface area contributed by atoms with Gasteiger partial charge in [0.1, 0.15) is 0 Å². The van der Waals surface area contributed by atoms with Gasteiger partial charge in [0, 0.05) is 44.5 Å². The molecule has 0 aliphatic heterocycles. The minimum atomic E-state index is -0.202. The van der Waals surface area contributed by atoms with Gasteiger partial charge in [-0.05, 0) is 49.2 Å². The van der Waals surface area contributed by atoms with Gasteiger partial charge in [0.25, 0.3) is 5.91 Å². The van der Waals surface area contributed by atoms with E-state index in [1.807, 2.05) is 69.2 Å². The number of benzene rings is 2. The summed E-state index contributed by atoms with van der Waals surface area (Å²) in [6, 6.07) is 15.2. The molecule has 0 unspecified atom stereocenters. The minimum absolute atomic E-state index is 0.0927. The lowest BCUT2D eigenvalue weighted by atomic mass is 10.1. The number of nitrogens with zero attached hydrogens (tertiary/aromatic N) is 1. The molecule has 0 spiro atoms. The maximum absolute atomic E-state index is 12.3. The van der Waals surface area contributed by atoms with Crippen molar-refractivity contribution in [1.29, 1.82) is 0 Å². The van der Waals surface area contributed by atoms with Crippen LogP contribution in [0.4, 0.5) is 10.5 Å². The Hall–Kier alpha value is -3.02. The minimum Gasteiger partial charge on any atom is -0.378 e. The topological polar surface area (TPSA) is 73.5 Å². The van der Waals surface area contributed by atoms with E-state index in [2.05, 4.69) is 16.0 Å². The van der Waals surface area contributed by atoms with Gasteiger partial charge in [-0.15, -0.1) is 0 Å². The first-order valence-electron chi connectivity index (χ1n) is 9.03. The Bertz CT molecular complexity index is 753. The molecular weight excluding hydrogens is 340 g/mol. The average molecular weight is 368 g/mol. The lowest BCUT2D eigenvalue weighted by Gasteiger charge is -2.13. The number of urea groups is 1. The van der Waals surface area contributed by atoms with Crippen molar-refractivity contribution in [2.45, 2.75) is 33.0 Å². The Morgan fingerprint density at radius 1 is 0.852 bits per heavy atom. The highest BCUT2D eigenvalue weighted by Crippen LogP contribution is 2.12. The van der Waals surface area contributed by atoms with Crippen LogP contribution in [0, 0.1) is 0 Å².